The third-order valence-electron chi connectivity index (χ3n) is 4.08. The lowest BCUT2D eigenvalue weighted by atomic mass is 9.85. The predicted molar refractivity (Wildman–Crippen MR) is 81.3 cm³/mol. The van der Waals surface area contributed by atoms with Gasteiger partial charge in [-0.2, -0.15) is 8.78 Å². The second-order valence-electron chi connectivity index (χ2n) is 5.92. The summed E-state index contributed by atoms with van der Waals surface area (Å²) in [5, 5.41) is 15.2. The van der Waals surface area contributed by atoms with E-state index in [1.54, 1.807) is 0 Å². The molecule has 24 heavy (non-hydrogen) atoms. The van der Waals surface area contributed by atoms with Crippen molar-refractivity contribution in [2.24, 2.45) is 0 Å². The van der Waals surface area contributed by atoms with Crippen LogP contribution in [0.2, 0.25) is 0 Å². The molecule has 1 fully saturated rings. The van der Waals surface area contributed by atoms with Crippen molar-refractivity contribution < 1.29 is 27.8 Å². The first kappa shape index (κ1) is 18.4. The summed E-state index contributed by atoms with van der Waals surface area (Å²) in [5.74, 6) is -1.07. The van der Waals surface area contributed by atoms with Crippen molar-refractivity contribution in [3.8, 4) is 5.75 Å². The van der Waals surface area contributed by atoms with Crippen molar-refractivity contribution in [2.45, 2.75) is 50.9 Å². The third-order valence-corrected chi connectivity index (χ3v) is 4.08. The van der Waals surface area contributed by atoms with Gasteiger partial charge >= 0.3 is 12.6 Å². The largest absolute Gasteiger partial charge is 0.434 e. The number of urea groups is 1. The lowest BCUT2D eigenvalue weighted by molar-refractivity contribution is -0.0506. The van der Waals surface area contributed by atoms with Crippen LogP contribution in [-0.4, -0.2) is 29.9 Å². The molecule has 1 aliphatic rings. The molecule has 8 heteroatoms. The molecule has 0 atom stereocenters. The number of alkyl halides is 2. The molecule has 0 bridgehead atoms. The van der Waals surface area contributed by atoms with Gasteiger partial charge in [0.25, 0.3) is 0 Å². The van der Waals surface area contributed by atoms with Gasteiger partial charge in [0.2, 0.25) is 0 Å². The van der Waals surface area contributed by atoms with Crippen LogP contribution in [0.15, 0.2) is 18.2 Å². The molecule has 0 heterocycles. The molecule has 0 spiro atoms. The van der Waals surface area contributed by atoms with Gasteiger partial charge in [-0.05, 0) is 25.0 Å². The predicted octanol–water partition coefficient (Wildman–Crippen LogP) is 2.92. The monoisotopic (exact) mass is 346 g/mol. The van der Waals surface area contributed by atoms with Gasteiger partial charge in [0, 0.05) is 12.1 Å². The Balaban J connectivity index is 1.87. The molecule has 134 valence electrons. The molecule has 3 N–H and O–H groups in total. The molecule has 5 nitrogen and oxygen atoms in total. The average molecular weight is 346 g/mol. The number of amides is 2. The van der Waals surface area contributed by atoms with E-state index >= 15 is 0 Å². The number of carbonyl (C=O) groups excluding carboxylic acids is 1. The molecule has 1 aliphatic carbocycles. The number of nitrogens with one attached hydrogen (secondary N) is 2. The van der Waals surface area contributed by atoms with E-state index in [-0.39, 0.29) is 24.4 Å². The Bertz CT molecular complexity index is 563. The molecule has 0 aliphatic heterocycles. The molecule has 2 amide bonds. The third kappa shape index (κ3) is 5.30. The van der Waals surface area contributed by atoms with Gasteiger partial charge in [0.15, 0.2) is 0 Å². The SMILES string of the molecule is O=C(NCc1c(F)cccc1OC(F)F)NCC1(O)CCCCC1. The minimum atomic E-state index is -3.08. The minimum Gasteiger partial charge on any atom is -0.434 e. The average Bonchev–Trinajstić information content (AvgIpc) is 2.53. The molecule has 0 aromatic heterocycles. The fourth-order valence-corrected chi connectivity index (χ4v) is 2.78. The lowest BCUT2D eigenvalue weighted by Crippen LogP contribution is -2.47. The molecule has 1 aromatic carbocycles. The maximum Gasteiger partial charge on any atom is 0.387 e. The van der Waals surface area contributed by atoms with Gasteiger partial charge in [-0.1, -0.05) is 25.3 Å². The number of hydrogen-bond donors (Lipinski definition) is 3. The number of carbonyl (C=O) groups is 1. The zero-order valence-corrected chi connectivity index (χ0v) is 13.2. The van der Waals surface area contributed by atoms with Crippen molar-refractivity contribution in [2.75, 3.05) is 6.54 Å². The summed E-state index contributed by atoms with van der Waals surface area (Å²) in [4.78, 5) is 11.8. The van der Waals surface area contributed by atoms with Gasteiger partial charge in [-0.15, -0.1) is 0 Å². The molecular formula is C16H21F3N2O3. The highest BCUT2D eigenvalue weighted by Crippen LogP contribution is 2.27. The Morgan fingerprint density at radius 3 is 2.62 bits per heavy atom. The summed E-state index contributed by atoms with van der Waals surface area (Å²) in [6.07, 6.45) is 4.11. The van der Waals surface area contributed by atoms with Crippen LogP contribution in [0.3, 0.4) is 0 Å². The van der Waals surface area contributed by atoms with Gasteiger partial charge in [0.05, 0.1) is 12.1 Å². The fraction of sp³-hybridized carbons (Fsp3) is 0.562. The van der Waals surface area contributed by atoms with Gasteiger partial charge in [-0.25, -0.2) is 9.18 Å². The van der Waals surface area contributed by atoms with Crippen LogP contribution < -0.4 is 15.4 Å². The zero-order valence-electron chi connectivity index (χ0n) is 13.2. The Morgan fingerprint density at radius 1 is 1.25 bits per heavy atom. The van der Waals surface area contributed by atoms with E-state index in [1.807, 2.05) is 0 Å². The molecule has 1 aromatic rings. The number of aliphatic hydroxyl groups is 1. The quantitative estimate of drug-likeness (QED) is 0.742. The van der Waals surface area contributed by atoms with Crippen LogP contribution in [0.25, 0.3) is 0 Å². The summed E-state index contributed by atoms with van der Waals surface area (Å²) >= 11 is 0. The lowest BCUT2D eigenvalue weighted by Gasteiger charge is -2.32. The highest BCUT2D eigenvalue weighted by Gasteiger charge is 2.29. The van der Waals surface area contributed by atoms with Crippen molar-refractivity contribution in [3.63, 3.8) is 0 Å². The Morgan fingerprint density at radius 2 is 1.96 bits per heavy atom. The maximum atomic E-state index is 13.8. The molecule has 1 saturated carbocycles. The normalized spacial score (nSPS) is 16.7. The van der Waals surface area contributed by atoms with E-state index < -0.39 is 24.1 Å². The van der Waals surface area contributed by atoms with E-state index in [9.17, 15) is 23.1 Å². The van der Waals surface area contributed by atoms with Crippen LogP contribution in [0.4, 0.5) is 18.0 Å². The van der Waals surface area contributed by atoms with E-state index in [0.29, 0.717) is 12.8 Å². The van der Waals surface area contributed by atoms with E-state index in [1.165, 1.54) is 12.1 Å². The maximum absolute atomic E-state index is 13.8. The molecule has 0 unspecified atom stereocenters. The topological polar surface area (TPSA) is 70.6 Å². The van der Waals surface area contributed by atoms with Crippen molar-refractivity contribution >= 4 is 6.03 Å². The fourth-order valence-electron chi connectivity index (χ4n) is 2.78. The highest BCUT2D eigenvalue weighted by atomic mass is 19.3. The van der Waals surface area contributed by atoms with Crippen molar-refractivity contribution in [3.05, 3.63) is 29.6 Å². The molecular weight excluding hydrogens is 325 g/mol. The minimum absolute atomic E-state index is 0.0937. The first-order valence-electron chi connectivity index (χ1n) is 7.86. The van der Waals surface area contributed by atoms with Gasteiger partial charge < -0.3 is 20.5 Å². The van der Waals surface area contributed by atoms with E-state index in [2.05, 4.69) is 15.4 Å². The summed E-state index contributed by atoms with van der Waals surface area (Å²) in [7, 11) is 0. The smallest absolute Gasteiger partial charge is 0.387 e. The van der Waals surface area contributed by atoms with Crippen LogP contribution in [0, 0.1) is 5.82 Å². The number of halogens is 3. The molecule has 0 saturated heterocycles. The van der Waals surface area contributed by atoms with Crippen molar-refractivity contribution in [1.82, 2.24) is 10.6 Å². The standard InChI is InChI=1S/C16H21F3N2O3/c17-12-5-4-6-13(24-14(18)19)11(12)9-20-15(22)21-10-16(23)7-2-1-3-8-16/h4-6,14,23H,1-3,7-10H2,(H2,20,21,22). The van der Waals surface area contributed by atoms with Crippen LogP contribution in [-0.2, 0) is 6.54 Å². The Hall–Kier alpha value is -1.96. The first-order valence-corrected chi connectivity index (χ1v) is 7.86. The summed E-state index contributed by atoms with van der Waals surface area (Å²) in [5.41, 5.74) is -1.08. The van der Waals surface area contributed by atoms with E-state index in [0.717, 1.165) is 25.3 Å². The Kier molecular flexibility index (Phi) is 6.30. The molecule has 0 radical (unpaired) electrons. The van der Waals surface area contributed by atoms with Gasteiger partial charge in [-0.3, -0.25) is 0 Å². The second-order valence-corrected chi connectivity index (χ2v) is 5.92. The summed E-state index contributed by atoms with van der Waals surface area (Å²) in [6, 6.07) is 2.93. The van der Waals surface area contributed by atoms with Crippen LogP contribution in [0.1, 0.15) is 37.7 Å². The van der Waals surface area contributed by atoms with Gasteiger partial charge in [0.1, 0.15) is 11.6 Å². The van der Waals surface area contributed by atoms with Crippen LogP contribution in [0.5, 0.6) is 5.75 Å². The van der Waals surface area contributed by atoms with E-state index in [4.69, 9.17) is 0 Å². The Labute approximate surface area is 138 Å². The first-order chi connectivity index (χ1) is 11.4. The van der Waals surface area contributed by atoms with Crippen LogP contribution >= 0.6 is 0 Å². The summed E-state index contributed by atoms with van der Waals surface area (Å²) in [6.45, 7) is -3.30. The summed E-state index contributed by atoms with van der Waals surface area (Å²) < 4.78 is 42.7. The van der Waals surface area contributed by atoms with Crippen molar-refractivity contribution in [1.29, 1.82) is 0 Å². The second kappa shape index (κ2) is 8.23. The molecule has 2 rings (SSSR count). The zero-order chi connectivity index (χ0) is 17.6. The number of rotatable bonds is 6. The number of benzene rings is 1. The number of ether oxygens (including phenoxy) is 1. The number of hydrogen-bond acceptors (Lipinski definition) is 3. The highest BCUT2D eigenvalue weighted by molar-refractivity contribution is 5.74.